The van der Waals surface area contributed by atoms with Crippen molar-refractivity contribution >= 4 is 0 Å². The predicted octanol–water partition coefficient (Wildman–Crippen LogP) is 3.06. The fourth-order valence-corrected chi connectivity index (χ4v) is 5.65. The van der Waals surface area contributed by atoms with Gasteiger partial charge in [-0.2, -0.15) is 0 Å². The van der Waals surface area contributed by atoms with Gasteiger partial charge in [0.25, 0.3) is 5.56 Å². The van der Waals surface area contributed by atoms with E-state index in [0.29, 0.717) is 24.4 Å². The van der Waals surface area contributed by atoms with Crippen LogP contribution in [-0.4, -0.2) is 25.3 Å². The molecule has 2 aromatic heterocycles. The second kappa shape index (κ2) is 12.3. The molecule has 210 valence electrons. The number of fused-ring (bicyclic) bond motifs is 1. The van der Waals surface area contributed by atoms with Gasteiger partial charge in [0.05, 0.1) is 17.8 Å². The molecule has 0 saturated carbocycles. The van der Waals surface area contributed by atoms with Gasteiger partial charge in [-0.15, -0.1) is 0 Å². The van der Waals surface area contributed by atoms with Crippen LogP contribution in [-0.2, 0) is 19.4 Å². The molecule has 5 aromatic rings. The zero-order valence-corrected chi connectivity index (χ0v) is 27.8. The topological polar surface area (TPSA) is 103 Å². The number of ether oxygens (including phenoxy) is 1. The van der Waals surface area contributed by atoms with E-state index in [9.17, 15) is 9.59 Å². The van der Waals surface area contributed by atoms with Crippen LogP contribution in [0.5, 0.6) is 5.75 Å². The minimum atomic E-state index is -0.596. The number of H-pyrrole nitrogens is 1. The predicted molar refractivity (Wildman–Crippen MR) is 159 cm³/mol. The molecule has 0 unspecified atom stereocenters. The van der Waals surface area contributed by atoms with Crippen molar-refractivity contribution in [2.75, 3.05) is 0 Å². The molecule has 1 N–H and O–H groups in total. The third-order valence-corrected chi connectivity index (χ3v) is 7.48. The van der Waals surface area contributed by atoms with Gasteiger partial charge in [-0.05, 0) is 67.1 Å². The number of aryl methyl sites for hydroxylation is 2. The van der Waals surface area contributed by atoms with Crippen LogP contribution in [0.1, 0.15) is 51.3 Å². The Morgan fingerprint density at radius 1 is 1.00 bits per heavy atom. The number of nitrogens with one attached hydrogen (secondary N) is 1. The minimum Gasteiger partial charge on any atom is -1.00 e. The van der Waals surface area contributed by atoms with Crippen molar-refractivity contribution in [3.63, 3.8) is 0 Å². The van der Waals surface area contributed by atoms with Crippen molar-refractivity contribution in [3.05, 3.63) is 110 Å². The first-order valence-electron chi connectivity index (χ1n) is 13.9. The quantitative estimate of drug-likeness (QED) is 0.293. The average Bonchev–Trinajstić information content (AvgIpc) is 3.52. The number of hydrogen-bond donors (Lipinski definition) is 1. The maximum absolute atomic E-state index is 14.1. The summed E-state index contributed by atoms with van der Waals surface area (Å²) in [5.74, 6) is 1.45. The summed E-state index contributed by atoms with van der Waals surface area (Å²) in [6.45, 7) is 8.57. The van der Waals surface area contributed by atoms with E-state index >= 15 is 0 Å². The van der Waals surface area contributed by atoms with Crippen LogP contribution < -0.4 is 67.4 Å². The average molecular weight is 589 g/mol. The molecule has 0 fully saturated rings. The van der Waals surface area contributed by atoms with Crippen LogP contribution in [0.15, 0.2) is 80.8 Å². The Morgan fingerprint density at radius 3 is 2.40 bits per heavy atom. The number of hydrogen-bond acceptors (Lipinski definition) is 6. The van der Waals surface area contributed by atoms with Gasteiger partial charge in [0.1, 0.15) is 17.2 Å². The first-order chi connectivity index (χ1) is 19.7. The van der Waals surface area contributed by atoms with Crippen LogP contribution in [0.4, 0.5) is 0 Å². The fourth-order valence-electron chi connectivity index (χ4n) is 5.65. The number of benzene rings is 3. The maximum atomic E-state index is 14.1. The van der Waals surface area contributed by atoms with Gasteiger partial charge < -0.3 is 6.16 Å². The Bertz CT molecular complexity index is 1880. The first kappa shape index (κ1) is 30.4. The molecular formula is C33H33KN4O4. The molecule has 42 heavy (non-hydrogen) atoms. The van der Waals surface area contributed by atoms with Gasteiger partial charge in [0.2, 0.25) is 0 Å². The summed E-state index contributed by atoms with van der Waals surface area (Å²) in [6.07, 6.45) is 2.40. The second-order valence-electron chi connectivity index (χ2n) is 11.2. The largest absolute Gasteiger partial charge is 1.00 e. The van der Waals surface area contributed by atoms with Crippen molar-refractivity contribution in [2.45, 2.75) is 59.1 Å². The van der Waals surface area contributed by atoms with Crippen molar-refractivity contribution in [1.82, 2.24) is 19.7 Å². The first-order valence-corrected chi connectivity index (χ1v) is 13.9. The van der Waals surface area contributed by atoms with Crippen molar-refractivity contribution in [2.24, 2.45) is 0 Å². The summed E-state index contributed by atoms with van der Waals surface area (Å²) in [5.41, 5.74) is 6.69. The van der Waals surface area contributed by atoms with Crippen LogP contribution in [0.2, 0.25) is 0 Å². The van der Waals surface area contributed by atoms with Gasteiger partial charge in [0.15, 0.2) is 5.82 Å². The number of aromatic amines is 1. The Balaban J connectivity index is 0.00000212. The van der Waals surface area contributed by atoms with Gasteiger partial charge in [0, 0.05) is 18.4 Å². The fraction of sp³-hybridized carbons (Fsp3) is 0.273. The molecule has 8 nitrogen and oxygen atoms in total. The zero-order valence-electron chi connectivity index (χ0n) is 25.7. The summed E-state index contributed by atoms with van der Waals surface area (Å²) in [4.78, 5) is 33.1. The third-order valence-electron chi connectivity index (χ3n) is 7.48. The molecule has 0 amide bonds. The van der Waals surface area contributed by atoms with E-state index in [4.69, 9.17) is 14.2 Å². The molecule has 1 aliphatic rings. The van der Waals surface area contributed by atoms with Gasteiger partial charge in [-0.25, -0.2) is 9.78 Å². The van der Waals surface area contributed by atoms with Crippen LogP contribution in [0, 0.1) is 6.92 Å². The Hall–Kier alpha value is -3.08. The van der Waals surface area contributed by atoms with Gasteiger partial charge >= 0.3 is 57.1 Å². The van der Waals surface area contributed by atoms with Crippen LogP contribution in [0.3, 0.4) is 0 Å². The molecule has 3 heterocycles. The van der Waals surface area contributed by atoms with Crippen LogP contribution >= 0.6 is 0 Å². The summed E-state index contributed by atoms with van der Waals surface area (Å²) in [6, 6.07) is 21.8. The molecule has 0 aliphatic carbocycles. The van der Waals surface area contributed by atoms with Crippen LogP contribution in [0.25, 0.3) is 33.6 Å². The van der Waals surface area contributed by atoms with Gasteiger partial charge in [-0.3, -0.25) is 18.9 Å². The molecule has 9 heteroatoms. The van der Waals surface area contributed by atoms with E-state index in [2.05, 4.69) is 37.0 Å². The molecule has 0 atom stereocenters. The van der Waals surface area contributed by atoms with E-state index in [-0.39, 0.29) is 64.0 Å². The normalized spacial score (nSPS) is 13.3. The summed E-state index contributed by atoms with van der Waals surface area (Å²) in [7, 11) is 0. The number of rotatable bonds is 7. The molecule has 0 saturated heterocycles. The molecular weight excluding hydrogens is 555 g/mol. The summed E-state index contributed by atoms with van der Waals surface area (Å²) < 4.78 is 12.6. The SMILES string of the molecule is CCCc1nc(C)c(-c2ccc3c(c2)CC(C)(C)O3)c(=O)n1Cc1ccc(-c2ccccc2-c2noc(=O)[nH]2)cc1.[H-].[K+]. The monoisotopic (exact) mass is 588 g/mol. The molecule has 0 radical (unpaired) electrons. The summed E-state index contributed by atoms with van der Waals surface area (Å²) in [5, 5.41) is 3.85. The Kier molecular flexibility index (Phi) is 8.87. The van der Waals surface area contributed by atoms with Crippen molar-refractivity contribution in [1.29, 1.82) is 0 Å². The van der Waals surface area contributed by atoms with Crippen molar-refractivity contribution < 1.29 is 62.1 Å². The van der Waals surface area contributed by atoms with E-state index < -0.39 is 5.76 Å². The van der Waals surface area contributed by atoms with E-state index in [1.807, 2.05) is 72.2 Å². The van der Waals surface area contributed by atoms with Gasteiger partial charge in [-0.1, -0.05) is 66.7 Å². The zero-order chi connectivity index (χ0) is 28.7. The Labute approximate surface area is 288 Å². The molecule has 0 bridgehead atoms. The van der Waals surface area contributed by atoms with E-state index in [0.717, 1.165) is 63.5 Å². The molecule has 6 rings (SSSR count). The standard InChI is InChI=1S/C33H32N4O4.K.H/c1-5-8-28-34-20(2)29(23-15-16-27-24(17-23)18-33(3,4)40-27)31(38)37(28)19-21-11-13-22(14-12-21)25-9-6-7-10-26(25)30-35-32(39)41-36-30;;/h6-7,9-17H,5,8,18-19H2,1-4H3,(H,35,36,39);;/q;+1;-1. The van der Waals surface area contributed by atoms with Crippen molar-refractivity contribution in [3.8, 4) is 39.4 Å². The smallest absolute Gasteiger partial charge is 1.00 e. The molecule has 3 aromatic carbocycles. The minimum absolute atomic E-state index is 0. The Morgan fingerprint density at radius 2 is 1.71 bits per heavy atom. The van der Waals surface area contributed by atoms with E-state index in [1.54, 1.807) is 0 Å². The molecule has 0 spiro atoms. The third kappa shape index (κ3) is 6.02. The summed E-state index contributed by atoms with van der Waals surface area (Å²) >= 11 is 0. The maximum Gasteiger partial charge on any atom is 1.00 e. The van der Waals surface area contributed by atoms with E-state index in [1.165, 1.54) is 0 Å². The number of aromatic nitrogens is 4. The second-order valence-corrected chi connectivity index (χ2v) is 11.2. The molecule has 1 aliphatic heterocycles. The number of nitrogens with zero attached hydrogens (tertiary/aromatic N) is 3.